The Bertz CT molecular complexity index is 704. The standard InChI is InChI=1S/C18H19N3OS/c1-23-14-9-7-13(8-10-14)17-20-12-4-5-15(20)18(22)21(17)16-6-2-3-11-19-16/h2-3,6-11,15,17H,4-5,12H2,1H3. The van der Waals surface area contributed by atoms with Crippen LogP contribution in [0, 0.1) is 0 Å². The minimum atomic E-state index is -0.0409. The van der Waals surface area contributed by atoms with Crippen molar-refractivity contribution in [1.82, 2.24) is 9.88 Å². The van der Waals surface area contributed by atoms with E-state index < -0.39 is 0 Å². The van der Waals surface area contributed by atoms with Crippen LogP contribution < -0.4 is 4.90 Å². The Morgan fingerprint density at radius 2 is 2.00 bits per heavy atom. The average molecular weight is 325 g/mol. The van der Waals surface area contributed by atoms with Gasteiger partial charge in [0.05, 0.1) is 6.04 Å². The van der Waals surface area contributed by atoms with Gasteiger partial charge in [-0.3, -0.25) is 14.6 Å². The van der Waals surface area contributed by atoms with Crippen molar-refractivity contribution in [2.45, 2.75) is 29.9 Å². The van der Waals surface area contributed by atoms with E-state index in [0.717, 1.165) is 30.8 Å². The number of benzene rings is 1. The van der Waals surface area contributed by atoms with Crippen molar-refractivity contribution in [2.24, 2.45) is 0 Å². The number of rotatable bonds is 3. The summed E-state index contributed by atoms with van der Waals surface area (Å²) in [7, 11) is 0. The SMILES string of the molecule is CSc1ccc(C2N(c3ccccn3)C(=O)C3CCCN32)cc1. The number of hydrogen-bond acceptors (Lipinski definition) is 4. The molecular formula is C18H19N3OS. The summed E-state index contributed by atoms with van der Waals surface area (Å²) in [5.74, 6) is 0.922. The second-order valence-corrected chi connectivity index (χ2v) is 6.82. The molecule has 1 aromatic carbocycles. The van der Waals surface area contributed by atoms with E-state index in [-0.39, 0.29) is 18.1 Å². The molecule has 23 heavy (non-hydrogen) atoms. The van der Waals surface area contributed by atoms with Gasteiger partial charge in [-0.1, -0.05) is 18.2 Å². The van der Waals surface area contributed by atoms with Crippen LogP contribution in [0.25, 0.3) is 0 Å². The highest BCUT2D eigenvalue weighted by molar-refractivity contribution is 7.98. The van der Waals surface area contributed by atoms with Crippen LogP contribution in [-0.4, -0.2) is 34.6 Å². The first kappa shape index (κ1) is 14.7. The molecule has 0 bridgehead atoms. The lowest BCUT2D eigenvalue weighted by Crippen LogP contribution is -2.32. The highest BCUT2D eigenvalue weighted by Gasteiger charge is 2.49. The van der Waals surface area contributed by atoms with E-state index in [4.69, 9.17) is 0 Å². The molecular weight excluding hydrogens is 306 g/mol. The zero-order valence-electron chi connectivity index (χ0n) is 13.1. The zero-order valence-corrected chi connectivity index (χ0v) is 13.9. The third kappa shape index (κ3) is 2.44. The number of anilines is 1. The smallest absolute Gasteiger partial charge is 0.247 e. The molecule has 118 valence electrons. The fraction of sp³-hybridized carbons (Fsp3) is 0.333. The van der Waals surface area contributed by atoms with Crippen molar-refractivity contribution in [1.29, 1.82) is 0 Å². The van der Waals surface area contributed by atoms with E-state index in [1.165, 1.54) is 4.90 Å². The molecule has 2 aliphatic rings. The molecule has 2 atom stereocenters. The topological polar surface area (TPSA) is 36.4 Å². The molecule has 2 unspecified atom stereocenters. The van der Waals surface area contributed by atoms with Gasteiger partial charge in [-0.05, 0) is 48.9 Å². The normalized spacial score (nSPS) is 24.2. The molecule has 5 heteroatoms. The van der Waals surface area contributed by atoms with E-state index >= 15 is 0 Å². The van der Waals surface area contributed by atoms with Gasteiger partial charge in [0, 0.05) is 17.6 Å². The van der Waals surface area contributed by atoms with Crippen LogP contribution in [-0.2, 0) is 4.79 Å². The number of nitrogens with zero attached hydrogens (tertiary/aromatic N) is 3. The van der Waals surface area contributed by atoms with Crippen LogP contribution in [0.2, 0.25) is 0 Å². The molecule has 3 heterocycles. The van der Waals surface area contributed by atoms with Gasteiger partial charge in [0.25, 0.3) is 0 Å². The van der Waals surface area contributed by atoms with Gasteiger partial charge in [-0.25, -0.2) is 4.98 Å². The maximum Gasteiger partial charge on any atom is 0.247 e. The van der Waals surface area contributed by atoms with Gasteiger partial charge < -0.3 is 0 Å². The predicted molar refractivity (Wildman–Crippen MR) is 92.4 cm³/mol. The maximum atomic E-state index is 12.9. The van der Waals surface area contributed by atoms with Crippen LogP contribution in [0.1, 0.15) is 24.6 Å². The Morgan fingerprint density at radius 3 is 2.70 bits per heavy atom. The number of pyridine rings is 1. The molecule has 2 fully saturated rings. The number of thioether (sulfide) groups is 1. The summed E-state index contributed by atoms with van der Waals surface area (Å²) in [4.78, 5) is 22.8. The third-order valence-corrected chi connectivity index (χ3v) is 5.43. The Morgan fingerprint density at radius 1 is 1.17 bits per heavy atom. The summed E-state index contributed by atoms with van der Waals surface area (Å²) in [5, 5.41) is 0. The van der Waals surface area contributed by atoms with Crippen molar-refractivity contribution in [3.8, 4) is 0 Å². The molecule has 2 aromatic rings. The van der Waals surface area contributed by atoms with Crippen molar-refractivity contribution in [3.63, 3.8) is 0 Å². The fourth-order valence-electron chi connectivity index (χ4n) is 3.63. The molecule has 0 N–H and O–H groups in total. The van der Waals surface area contributed by atoms with Gasteiger partial charge in [-0.15, -0.1) is 11.8 Å². The maximum absolute atomic E-state index is 12.9. The summed E-state index contributed by atoms with van der Waals surface area (Å²) in [6.45, 7) is 0.967. The van der Waals surface area contributed by atoms with Gasteiger partial charge in [0.2, 0.25) is 5.91 Å². The van der Waals surface area contributed by atoms with E-state index in [9.17, 15) is 4.79 Å². The molecule has 2 aliphatic heterocycles. The predicted octanol–water partition coefficient (Wildman–Crippen LogP) is 3.31. The van der Waals surface area contributed by atoms with E-state index in [2.05, 4.69) is 40.4 Å². The van der Waals surface area contributed by atoms with Crippen molar-refractivity contribution in [3.05, 3.63) is 54.2 Å². The molecule has 2 saturated heterocycles. The molecule has 0 radical (unpaired) electrons. The largest absolute Gasteiger partial charge is 0.275 e. The van der Waals surface area contributed by atoms with Crippen LogP contribution in [0.3, 0.4) is 0 Å². The minimum Gasteiger partial charge on any atom is -0.275 e. The van der Waals surface area contributed by atoms with Crippen LogP contribution >= 0.6 is 11.8 Å². The highest BCUT2D eigenvalue weighted by Crippen LogP contribution is 2.41. The van der Waals surface area contributed by atoms with Gasteiger partial charge in [0.1, 0.15) is 12.0 Å². The van der Waals surface area contributed by atoms with E-state index in [1.807, 2.05) is 23.1 Å². The zero-order chi connectivity index (χ0) is 15.8. The first-order valence-corrected chi connectivity index (χ1v) is 9.16. The summed E-state index contributed by atoms with van der Waals surface area (Å²) in [6, 6.07) is 14.3. The Balaban J connectivity index is 1.77. The summed E-state index contributed by atoms with van der Waals surface area (Å²) in [6.07, 6.45) is 5.82. The summed E-state index contributed by atoms with van der Waals surface area (Å²) >= 11 is 1.73. The minimum absolute atomic E-state index is 0.00207. The summed E-state index contributed by atoms with van der Waals surface area (Å²) < 4.78 is 0. The number of carbonyl (C=O) groups is 1. The molecule has 0 spiro atoms. The van der Waals surface area contributed by atoms with Gasteiger partial charge >= 0.3 is 0 Å². The van der Waals surface area contributed by atoms with Gasteiger partial charge in [-0.2, -0.15) is 0 Å². The molecule has 1 aromatic heterocycles. The summed E-state index contributed by atoms with van der Waals surface area (Å²) in [5.41, 5.74) is 1.16. The number of hydrogen-bond donors (Lipinski definition) is 0. The average Bonchev–Trinajstić information content (AvgIpc) is 3.18. The second kappa shape index (κ2) is 5.98. The Kier molecular flexibility index (Phi) is 3.83. The quantitative estimate of drug-likeness (QED) is 0.811. The lowest BCUT2D eigenvalue weighted by Gasteiger charge is -2.29. The molecule has 0 saturated carbocycles. The number of amides is 1. The fourth-order valence-corrected chi connectivity index (χ4v) is 4.04. The molecule has 1 amide bonds. The lowest BCUT2D eigenvalue weighted by atomic mass is 10.1. The highest BCUT2D eigenvalue weighted by atomic mass is 32.2. The van der Waals surface area contributed by atoms with E-state index in [0.29, 0.717) is 0 Å². The molecule has 0 aliphatic carbocycles. The third-order valence-electron chi connectivity index (χ3n) is 4.69. The number of carbonyl (C=O) groups excluding carboxylic acids is 1. The lowest BCUT2D eigenvalue weighted by molar-refractivity contribution is -0.119. The first-order valence-electron chi connectivity index (χ1n) is 7.93. The van der Waals surface area contributed by atoms with Crippen molar-refractivity contribution in [2.75, 3.05) is 17.7 Å². The molecule has 4 rings (SSSR count). The number of fused-ring (bicyclic) bond motifs is 1. The van der Waals surface area contributed by atoms with Crippen molar-refractivity contribution < 1.29 is 4.79 Å². The second-order valence-electron chi connectivity index (χ2n) is 5.94. The Labute approximate surface area is 140 Å². The van der Waals surface area contributed by atoms with E-state index in [1.54, 1.807) is 18.0 Å². The van der Waals surface area contributed by atoms with Crippen LogP contribution in [0.5, 0.6) is 0 Å². The van der Waals surface area contributed by atoms with Crippen LogP contribution in [0.15, 0.2) is 53.6 Å². The first-order chi connectivity index (χ1) is 11.3. The van der Waals surface area contributed by atoms with Crippen LogP contribution in [0.4, 0.5) is 5.82 Å². The van der Waals surface area contributed by atoms with Gasteiger partial charge in [0.15, 0.2) is 0 Å². The van der Waals surface area contributed by atoms with Crippen molar-refractivity contribution >= 4 is 23.5 Å². The Hall–Kier alpha value is -1.85. The number of aromatic nitrogens is 1. The molecule has 4 nitrogen and oxygen atoms in total. The monoisotopic (exact) mass is 325 g/mol.